The second-order valence-electron chi connectivity index (χ2n) is 5.20. The van der Waals surface area contributed by atoms with Crippen LogP contribution in [0, 0.1) is 26.7 Å². The van der Waals surface area contributed by atoms with Gasteiger partial charge in [0.05, 0.1) is 18.7 Å². The van der Waals surface area contributed by atoms with Gasteiger partial charge in [-0.1, -0.05) is 55.4 Å². The van der Waals surface area contributed by atoms with Crippen molar-refractivity contribution in [1.82, 2.24) is 9.55 Å². The number of nitrogens with zero attached hydrogens (tertiary/aromatic N) is 2. The Labute approximate surface area is 195 Å². The molecule has 0 saturated carbocycles. The molecule has 147 valence electrons. The normalized spacial score (nSPS) is 9.39. The summed E-state index contributed by atoms with van der Waals surface area (Å²) in [6.07, 6.45) is 5.41. The van der Waals surface area contributed by atoms with E-state index in [0.29, 0.717) is 27.7 Å². The molecule has 2 aromatic heterocycles. The van der Waals surface area contributed by atoms with Crippen LogP contribution < -0.4 is 10.3 Å². The summed E-state index contributed by atoms with van der Waals surface area (Å²) in [6, 6.07) is 7.41. The molecular formula is C21H25N2O3SY-. The molecule has 0 spiro atoms. The van der Waals surface area contributed by atoms with Crippen molar-refractivity contribution < 1.29 is 42.6 Å². The molecule has 0 unspecified atom stereocenters. The first-order valence-corrected chi connectivity index (χ1v) is 9.28. The van der Waals surface area contributed by atoms with Gasteiger partial charge in [0.2, 0.25) is 0 Å². The maximum atomic E-state index is 12.9. The Balaban J connectivity index is 0.00000177. The number of rotatable bonds is 4. The summed E-state index contributed by atoms with van der Waals surface area (Å²) < 4.78 is 7.31. The molecule has 7 heteroatoms. The zero-order valence-electron chi connectivity index (χ0n) is 16.9. The first kappa shape index (κ1) is 26.3. The van der Waals surface area contributed by atoms with Crippen molar-refractivity contribution in [2.75, 3.05) is 6.61 Å². The number of hydrogen-bond donors (Lipinski definition) is 1. The van der Waals surface area contributed by atoms with Gasteiger partial charge in [-0.25, -0.2) is 0 Å². The number of pyridine rings is 1. The van der Waals surface area contributed by atoms with E-state index >= 15 is 0 Å². The minimum Gasteiger partial charge on any atom is -0.505 e. The topological polar surface area (TPSA) is 64.4 Å². The van der Waals surface area contributed by atoms with Gasteiger partial charge in [0.15, 0.2) is 5.65 Å². The van der Waals surface area contributed by atoms with Crippen molar-refractivity contribution in [2.24, 2.45) is 0 Å². The summed E-state index contributed by atoms with van der Waals surface area (Å²) in [7, 11) is 0. The fourth-order valence-corrected chi connectivity index (χ4v) is 3.52. The molecule has 0 bridgehead atoms. The third-order valence-electron chi connectivity index (χ3n) is 3.69. The molecule has 0 saturated heterocycles. The fourth-order valence-electron chi connectivity index (χ4n) is 2.60. The maximum Gasteiger partial charge on any atom is 0.275 e. The zero-order chi connectivity index (χ0) is 19.3. The third kappa shape index (κ3) is 5.02. The van der Waals surface area contributed by atoms with Crippen molar-refractivity contribution in [3.8, 4) is 34.4 Å². The number of benzene rings is 1. The Kier molecular flexibility index (Phi) is 11.3. The first-order chi connectivity index (χ1) is 12.6. The van der Waals surface area contributed by atoms with E-state index in [1.165, 1.54) is 15.9 Å². The number of terminal acetylenes is 1. The Bertz CT molecular complexity index is 1020. The molecular weight excluding hydrogens is 449 g/mol. The van der Waals surface area contributed by atoms with Crippen molar-refractivity contribution in [2.45, 2.75) is 34.2 Å². The van der Waals surface area contributed by atoms with Crippen LogP contribution >= 0.6 is 11.3 Å². The second-order valence-corrected chi connectivity index (χ2v) is 6.16. The predicted octanol–water partition coefficient (Wildman–Crippen LogP) is 4.64. The van der Waals surface area contributed by atoms with Gasteiger partial charge in [-0.2, -0.15) is 4.98 Å². The first-order valence-electron chi connectivity index (χ1n) is 8.47. The average Bonchev–Trinajstić information content (AvgIpc) is 3.06. The number of thiazole rings is 1. The van der Waals surface area contributed by atoms with Crippen LogP contribution in [-0.4, -0.2) is 21.3 Å². The van der Waals surface area contributed by atoms with Crippen LogP contribution in [-0.2, 0) is 39.3 Å². The van der Waals surface area contributed by atoms with Gasteiger partial charge in [-0.05, 0) is 25.0 Å². The quantitative estimate of drug-likeness (QED) is 0.442. The van der Waals surface area contributed by atoms with Crippen molar-refractivity contribution >= 4 is 21.7 Å². The van der Waals surface area contributed by atoms with E-state index < -0.39 is 0 Å². The van der Waals surface area contributed by atoms with E-state index in [9.17, 15) is 9.90 Å². The summed E-state index contributed by atoms with van der Waals surface area (Å²) >= 11 is 1.20. The Hall–Kier alpha value is -1.68. The van der Waals surface area contributed by atoms with Gasteiger partial charge in [-0.3, -0.25) is 9.36 Å². The largest absolute Gasteiger partial charge is 0.505 e. The van der Waals surface area contributed by atoms with Crippen molar-refractivity contribution in [3.05, 3.63) is 47.6 Å². The van der Waals surface area contributed by atoms with Crippen molar-refractivity contribution in [3.63, 3.8) is 0 Å². The second kappa shape index (κ2) is 12.0. The molecule has 0 aliphatic carbocycles. The molecule has 0 aliphatic rings. The number of ether oxygens (including phenoxy) is 1. The summed E-state index contributed by atoms with van der Waals surface area (Å²) in [6.45, 7) is 8.26. The third-order valence-corrected chi connectivity index (χ3v) is 4.65. The molecule has 5 nitrogen and oxygen atoms in total. The molecule has 3 aromatic rings. The maximum absolute atomic E-state index is 12.9. The summed E-state index contributed by atoms with van der Waals surface area (Å²) in [4.78, 5) is 17.2. The molecule has 0 atom stereocenters. The van der Waals surface area contributed by atoms with Gasteiger partial charge in [0.25, 0.3) is 10.8 Å². The van der Waals surface area contributed by atoms with Gasteiger partial charge in [-0.15, -0.1) is 6.42 Å². The number of aryl methyl sites for hydroxylation is 1. The van der Waals surface area contributed by atoms with Crippen LogP contribution in [0.5, 0.6) is 10.9 Å². The van der Waals surface area contributed by atoms with E-state index in [2.05, 4.69) is 10.9 Å². The predicted molar refractivity (Wildman–Crippen MR) is 113 cm³/mol. The smallest absolute Gasteiger partial charge is 0.275 e. The zero-order valence-corrected chi connectivity index (χ0v) is 20.6. The van der Waals surface area contributed by atoms with Crippen LogP contribution in [0.25, 0.3) is 21.5 Å². The Morgan fingerprint density at radius 1 is 1.32 bits per heavy atom. The minimum atomic E-state index is -0.361. The number of aromatic hydroxyl groups is 1. The molecule has 0 amide bonds. The molecule has 0 fully saturated rings. The molecule has 0 aliphatic heterocycles. The number of aromatic nitrogens is 2. The van der Waals surface area contributed by atoms with E-state index in [1.54, 1.807) is 0 Å². The molecule has 2 heterocycles. The van der Waals surface area contributed by atoms with Crippen LogP contribution in [0.4, 0.5) is 0 Å². The summed E-state index contributed by atoms with van der Waals surface area (Å²) in [5.41, 5.74) is 1.80. The van der Waals surface area contributed by atoms with Gasteiger partial charge in [0.1, 0.15) is 10.4 Å². The van der Waals surface area contributed by atoms with Crippen molar-refractivity contribution in [1.29, 1.82) is 0 Å². The minimum absolute atomic E-state index is 0. The van der Waals surface area contributed by atoms with Crippen LogP contribution in [0.3, 0.4) is 0 Å². The van der Waals surface area contributed by atoms with Gasteiger partial charge < -0.3 is 17.3 Å². The molecule has 1 aromatic carbocycles. The SMILES string of the molecule is C#CCn1c(=O)c(-c2ccccc2C)c(O)c2sc(OCC)nc21.CC.[CH3-].[Y]. The van der Waals surface area contributed by atoms with Crippen LogP contribution in [0.1, 0.15) is 26.3 Å². The Morgan fingerprint density at radius 2 is 1.96 bits per heavy atom. The standard InChI is InChI=1S/C18H16N2O3S.C2H6.CH3.Y/c1-4-10-20-16-15(24-18(19-16)23-5-2)14(21)13(17(20)22)12-9-7-6-8-11(12)3;1-2;;/h1,6-9,21H,5,10H2,2-3H3;1-2H3;1H3;/q;;-1;. The average molecular weight is 474 g/mol. The molecule has 1 N–H and O–H groups in total. The molecule has 1 radical (unpaired) electrons. The Morgan fingerprint density at radius 3 is 2.54 bits per heavy atom. The van der Waals surface area contributed by atoms with E-state index in [-0.39, 0.29) is 63.6 Å². The van der Waals surface area contributed by atoms with Crippen LogP contribution in [0.15, 0.2) is 29.1 Å². The fraction of sp³-hybridized carbons (Fsp3) is 0.286. The molecule has 28 heavy (non-hydrogen) atoms. The monoisotopic (exact) mass is 474 g/mol. The van der Waals surface area contributed by atoms with E-state index in [4.69, 9.17) is 11.2 Å². The van der Waals surface area contributed by atoms with Gasteiger partial charge in [0, 0.05) is 32.7 Å². The number of hydrogen-bond acceptors (Lipinski definition) is 5. The van der Waals surface area contributed by atoms with Gasteiger partial charge >= 0.3 is 0 Å². The van der Waals surface area contributed by atoms with E-state index in [1.807, 2.05) is 52.0 Å². The summed E-state index contributed by atoms with van der Waals surface area (Å²) in [5, 5.41) is 11.1. The van der Waals surface area contributed by atoms with E-state index in [0.717, 1.165) is 5.56 Å². The summed E-state index contributed by atoms with van der Waals surface area (Å²) in [5.74, 6) is 2.39. The number of fused-ring (bicyclic) bond motifs is 1. The van der Waals surface area contributed by atoms with Crippen LogP contribution in [0.2, 0.25) is 0 Å². The molecule has 3 rings (SSSR count).